The SMILES string of the molecule is CCCNC(=O)Nc1ccc2c(c1)C(=O)N(C)C[C@H](OC)[C@H](C)CN(C)[C@@H](C)CO2. The molecule has 8 nitrogen and oxygen atoms in total. The maximum atomic E-state index is 13.2. The van der Waals surface area contributed by atoms with E-state index in [1.54, 1.807) is 37.3 Å². The average Bonchev–Trinajstić information content (AvgIpc) is 2.73. The molecule has 0 bridgehead atoms. The summed E-state index contributed by atoms with van der Waals surface area (Å²) in [6, 6.07) is 5.03. The van der Waals surface area contributed by atoms with Crippen LogP contribution in [0.5, 0.6) is 5.75 Å². The summed E-state index contributed by atoms with van der Waals surface area (Å²) in [5, 5.41) is 5.55. The molecule has 0 aliphatic carbocycles. The van der Waals surface area contributed by atoms with Gasteiger partial charge in [0.1, 0.15) is 12.4 Å². The number of rotatable bonds is 4. The number of hydrogen-bond donors (Lipinski definition) is 2. The molecule has 3 amide bonds. The Bertz CT molecular complexity index is 727. The van der Waals surface area contributed by atoms with Gasteiger partial charge in [-0.05, 0) is 44.5 Å². The molecular weight excluding hydrogens is 384 g/mol. The van der Waals surface area contributed by atoms with Gasteiger partial charge in [0.05, 0.1) is 11.7 Å². The third-order valence-corrected chi connectivity index (χ3v) is 5.55. The second kappa shape index (κ2) is 11.2. The van der Waals surface area contributed by atoms with Crippen molar-refractivity contribution < 1.29 is 19.1 Å². The first-order valence-corrected chi connectivity index (χ1v) is 10.6. The maximum absolute atomic E-state index is 13.2. The van der Waals surface area contributed by atoms with Gasteiger partial charge in [-0.2, -0.15) is 0 Å². The molecule has 168 valence electrons. The molecule has 30 heavy (non-hydrogen) atoms. The molecular formula is C22H36N4O4. The van der Waals surface area contributed by atoms with Gasteiger partial charge in [-0.1, -0.05) is 13.8 Å². The fraction of sp³-hybridized carbons (Fsp3) is 0.636. The number of hydrogen-bond acceptors (Lipinski definition) is 5. The Morgan fingerprint density at radius 1 is 1.27 bits per heavy atom. The van der Waals surface area contributed by atoms with Gasteiger partial charge in [0.25, 0.3) is 5.91 Å². The van der Waals surface area contributed by atoms with Gasteiger partial charge in [0.15, 0.2) is 0 Å². The number of methoxy groups -OCH3 is 1. The molecule has 1 aliphatic heterocycles. The van der Waals surface area contributed by atoms with Gasteiger partial charge < -0.3 is 25.0 Å². The fourth-order valence-electron chi connectivity index (χ4n) is 3.45. The number of benzene rings is 1. The van der Waals surface area contributed by atoms with Crippen LogP contribution in [0, 0.1) is 5.92 Å². The molecule has 0 saturated carbocycles. The molecule has 2 N–H and O–H groups in total. The van der Waals surface area contributed by atoms with E-state index in [9.17, 15) is 9.59 Å². The molecule has 1 aromatic carbocycles. The maximum Gasteiger partial charge on any atom is 0.319 e. The Morgan fingerprint density at radius 3 is 2.67 bits per heavy atom. The van der Waals surface area contributed by atoms with Crippen LogP contribution in [-0.4, -0.2) is 81.3 Å². The molecule has 1 heterocycles. The lowest BCUT2D eigenvalue weighted by Gasteiger charge is -2.34. The number of nitrogens with zero attached hydrogens (tertiary/aromatic N) is 2. The number of fused-ring (bicyclic) bond motifs is 1. The van der Waals surface area contributed by atoms with Crippen molar-refractivity contribution >= 4 is 17.6 Å². The van der Waals surface area contributed by atoms with Crippen LogP contribution in [0.1, 0.15) is 37.6 Å². The highest BCUT2D eigenvalue weighted by Crippen LogP contribution is 2.26. The van der Waals surface area contributed by atoms with Crippen molar-refractivity contribution in [2.24, 2.45) is 5.92 Å². The summed E-state index contributed by atoms with van der Waals surface area (Å²) in [4.78, 5) is 29.1. The minimum atomic E-state index is -0.296. The van der Waals surface area contributed by atoms with Gasteiger partial charge in [-0.15, -0.1) is 0 Å². The number of ether oxygens (including phenoxy) is 2. The topological polar surface area (TPSA) is 83.1 Å². The summed E-state index contributed by atoms with van der Waals surface area (Å²) in [6.07, 6.45) is 0.763. The largest absolute Gasteiger partial charge is 0.491 e. The number of carbonyl (C=O) groups excluding carboxylic acids is 2. The van der Waals surface area contributed by atoms with E-state index >= 15 is 0 Å². The highest BCUT2D eigenvalue weighted by atomic mass is 16.5. The Labute approximate surface area is 179 Å². The Morgan fingerprint density at radius 2 is 2.00 bits per heavy atom. The normalized spacial score (nSPS) is 23.6. The fourth-order valence-corrected chi connectivity index (χ4v) is 3.45. The molecule has 0 fully saturated rings. The van der Waals surface area contributed by atoms with Gasteiger partial charge in [-0.25, -0.2) is 4.79 Å². The number of amides is 3. The first-order chi connectivity index (χ1) is 14.3. The van der Waals surface area contributed by atoms with Crippen LogP contribution in [-0.2, 0) is 4.74 Å². The third kappa shape index (κ3) is 6.34. The number of anilines is 1. The van der Waals surface area contributed by atoms with E-state index in [1.807, 2.05) is 6.92 Å². The zero-order valence-corrected chi connectivity index (χ0v) is 19.0. The summed E-state index contributed by atoms with van der Waals surface area (Å²) >= 11 is 0. The van der Waals surface area contributed by atoms with E-state index < -0.39 is 0 Å². The second-order valence-corrected chi connectivity index (χ2v) is 8.13. The van der Waals surface area contributed by atoms with E-state index in [4.69, 9.17) is 9.47 Å². The zero-order valence-electron chi connectivity index (χ0n) is 19.0. The summed E-state index contributed by atoms with van der Waals surface area (Å²) in [5.74, 6) is 0.583. The standard InChI is InChI=1S/C22H36N4O4/c1-7-10-23-22(28)24-17-8-9-19-18(11-17)21(27)26(5)13-20(29-6)15(2)12-25(4)16(3)14-30-19/h8-9,11,15-16,20H,7,10,12-14H2,1-6H3,(H2,23,24,28)/t15-,16+,20+/m1/s1. The van der Waals surface area contributed by atoms with Crippen molar-refractivity contribution in [3.63, 3.8) is 0 Å². The van der Waals surface area contributed by atoms with Crippen LogP contribution in [0.2, 0.25) is 0 Å². The van der Waals surface area contributed by atoms with Crippen molar-refractivity contribution in [1.29, 1.82) is 0 Å². The minimum absolute atomic E-state index is 0.0847. The summed E-state index contributed by atoms with van der Waals surface area (Å²) in [5.41, 5.74) is 0.963. The minimum Gasteiger partial charge on any atom is -0.491 e. The molecule has 0 spiro atoms. The Hall–Kier alpha value is -2.32. The lowest BCUT2D eigenvalue weighted by molar-refractivity contribution is 0.0150. The quantitative estimate of drug-likeness (QED) is 0.783. The van der Waals surface area contributed by atoms with Crippen LogP contribution in [0.4, 0.5) is 10.5 Å². The van der Waals surface area contributed by atoms with Gasteiger partial charge >= 0.3 is 6.03 Å². The summed E-state index contributed by atoms with van der Waals surface area (Å²) in [6.45, 7) is 8.56. The lowest BCUT2D eigenvalue weighted by Crippen LogP contribution is -2.45. The van der Waals surface area contributed by atoms with Crippen molar-refractivity contribution in [1.82, 2.24) is 15.1 Å². The zero-order chi connectivity index (χ0) is 22.3. The van der Waals surface area contributed by atoms with Crippen molar-refractivity contribution in [3.8, 4) is 5.75 Å². The monoisotopic (exact) mass is 420 g/mol. The van der Waals surface area contributed by atoms with Crippen molar-refractivity contribution in [2.45, 2.75) is 39.3 Å². The molecule has 2 rings (SSSR count). The first kappa shape index (κ1) is 24.0. The van der Waals surface area contributed by atoms with Crippen LogP contribution in [0.15, 0.2) is 18.2 Å². The van der Waals surface area contributed by atoms with Gasteiger partial charge in [0, 0.05) is 45.5 Å². The van der Waals surface area contributed by atoms with E-state index in [2.05, 4.69) is 36.4 Å². The van der Waals surface area contributed by atoms with Crippen LogP contribution in [0.3, 0.4) is 0 Å². The van der Waals surface area contributed by atoms with Crippen LogP contribution >= 0.6 is 0 Å². The Balaban J connectivity index is 2.33. The average molecular weight is 421 g/mol. The van der Waals surface area contributed by atoms with Crippen LogP contribution < -0.4 is 15.4 Å². The molecule has 8 heteroatoms. The number of likely N-dealkylation sites (N-methyl/N-ethyl adjacent to an activating group) is 2. The van der Waals surface area contributed by atoms with Gasteiger partial charge in [0.2, 0.25) is 0 Å². The van der Waals surface area contributed by atoms with E-state index in [-0.39, 0.29) is 30.0 Å². The molecule has 1 aromatic rings. The van der Waals surface area contributed by atoms with Gasteiger partial charge in [-0.3, -0.25) is 9.69 Å². The second-order valence-electron chi connectivity index (χ2n) is 8.13. The van der Waals surface area contributed by atoms with Crippen molar-refractivity contribution in [2.75, 3.05) is 52.8 Å². The van der Waals surface area contributed by atoms with E-state index in [0.717, 1.165) is 13.0 Å². The summed E-state index contributed by atoms with van der Waals surface area (Å²) in [7, 11) is 5.51. The number of carbonyl (C=O) groups is 2. The first-order valence-electron chi connectivity index (χ1n) is 10.6. The van der Waals surface area contributed by atoms with E-state index in [1.165, 1.54) is 0 Å². The smallest absolute Gasteiger partial charge is 0.319 e. The lowest BCUT2D eigenvalue weighted by atomic mass is 10.0. The molecule has 1 aliphatic rings. The highest BCUT2D eigenvalue weighted by molar-refractivity contribution is 5.99. The Kier molecular flexibility index (Phi) is 8.92. The predicted molar refractivity (Wildman–Crippen MR) is 118 cm³/mol. The number of urea groups is 1. The molecule has 0 saturated heterocycles. The van der Waals surface area contributed by atoms with Crippen LogP contribution in [0.25, 0.3) is 0 Å². The summed E-state index contributed by atoms with van der Waals surface area (Å²) < 4.78 is 11.7. The third-order valence-electron chi connectivity index (χ3n) is 5.55. The molecule has 3 atom stereocenters. The highest BCUT2D eigenvalue weighted by Gasteiger charge is 2.27. The van der Waals surface area contributed by atoms with Crippen molar-refractivity contribution in [3.05, 3.63) is 23.8 Å². The number of nitrogens with one attached hydrogen (secondary N) is 2. The predicted octanol–water partition coefficient (Wildman–Crippen LogP) is 2.65. The molecule has 0 aromatic heterocycles. The molecule has 0 radical (unpaired) electrons. The van der Waals surface area contributed by atoms with E-state index in [0.29, 0.717) is 36.7 Å². The molecule has 0 unspecified atom stereocenters.